The lowest BCUT2D eigenvalue weighted by Gasteiger charge is -2.23. The predicted octanol–water partition coefficient (Wildman–Crippen LogP) is 0.855. The molecule has 1 saturated heterocycles. The van der Waals surface area contributed by atoms with Crippen LogP contribution in [0.4, 0.5) is 11.6 Å². The van der Waals surface area contributed by atoms with Gasteiger partial charge in [0.15, 0.2) is 0 Å². The number of rotatable bonds is 5. The molecule has 19 heavy (non-hydrogen) atoms. The van der Waals surface area contributed by atoms with Crippen LogP contribution in [0.1, 0.15) is 25.3 Å². The molecule has 0 radical (unpaired) electrons. The Labute approximate surface area is 115 Å². The number of hydrogen-bond acceptors (Lipinski definition) is 6. The highest BCUT2D eigenvalue weighted by Crippen LogP contribution is 2.28. The molecule has 0 aromatic carbocycles. The summed E-state index contributed by atoms with van der Waals surface area (Å²) < 4.78 is 0. The lowest BCUT2D eigenvalue weighted by molar-refractivity contribution is 0.315. The number of aromatic nitrogens is 2. The molecule has 3 N–H and O–H groups in total. The number of hydrazine groups is 1. The summed E-state index contributed by atoms with van der Waals surface area (Å²) in [5, 5.41) is 0. The number of anilines is 2. The Kier molecular flexibility index (Phi) is 4.55. The fraction of sp³-hybridized carbons (Fsp3) is 0.692. The molecule has 6 heteroatoms. The van der Waals surface area contributed by atoms with Crippen LogP contribution in [0.15, 0.2) is 6.33 Å². The number of nitrogens with zero attached hydrogens (tertiary/aromatic N) is 4. The average Bonchev–Trinajstić information content (AvgIpc) is 2.89. The van der Waals surface area contributed by atoms with Crippen LogP contribution in [-0.2, 0) is 6.42 Å². The molecule has 0 amide bonds. The van der Waals surface area contributed by atoms with Gasteiger partial charge in [-0.1, -0.05) is 13.3 Å². The molecule has 2 heterocycles. The first-order valence-electron chi connectivity index (χ1n) is 6.89. The summed E-state index contributed by atoms with van der Waals surface area (Å²) in [7, 11) is 4.27. The summed E-state index contributed by atoms with van der Waals surface area (Å²) >= 11 is 0. The second-order valence-electron chi connectivity index (χ2n) is 5.27. The third-order valence-corrected chi connectivity index (χ3v) is 3.75. The smallest absolute Gasteiger partial charge is 0.148 e. The van der Waals surface area contributed by atoms with E-state index >= 15 is 0 Å². The number of nitrogen functional groups attached to an aromatic ring is 1. The SMILES string of the molecule is CCCc1c(NN)ncnc1N1CCC(N(C)C)C1. The summed E-state index contributed by atoms with van der Waals surface area (Å²) in [5.74, 6) is 7.34. The lowest BCUT2D eigenvalue weighted by Crippen LogP contribution is -2.32. The fourth-order valence-electron chi connectivity index (χ4n) is 2.64. The van der Waals surface area contributed by atoms with Gasteiger partial charge in [-0.05, 0) is 26.9 Å². The van der Waals surface area contributed by atoms with Gasteiger partial charge in [-0.25, -0.2) is 15.8 Å². The Bertz CT molecular complexity index is 420. The average molecular weight is 264 g/mol. The van der Waals surface area contributed by atoms with Gasteiger partial charge in [0, 0.05) is 24.7 Å². The van der Waals surface area contributed by atoms with E-state index in [-0.39, 0.29) is 0 Å². The van der Waals surface area contributed by atoms with Crippen LogP contribution < -0.4 is 16.2 Å². The molecule has 0 bridgehead atoms. The molecule has 1 unspecified atom stereocenters. The van der Waals surface area contributed by atoms with Gasteiger partial charge in [-0.15, -0.1) is 0 Å². The van der Waals surface area contributed by atoms with Gasteiger partial charge in [0.2, 0.25) is 0 Å². The van der Waals surface area contributed by atoms with Crippen LogP contribution in [0.3, 0.4) is 0 Å². The van der Waals surface area contributed by atoms with Crippen LogP contribution in [-0.4, -0.2) is 48.1 Å². The minimum absolute atomic E-state index is 0.596. The monoisotopic (exact) mass is 264 g/mol. The summed E-state index contributed by atoms with van der Waals surface area (Å²) in [5.41, 5.74) is 3.82. The van der Waals surface area contributed by atoms with Crippen molar-refractivity contribution >= 4 is 11.6 Å². The Balaban J connectivity index is 2.24. The summed E-state index contributed by atoms with van der Waals surface area (Å²) in [4.78, 5) is 13.3. The third kappa shape index (κ3) is 2.96. The topological polar surface area (TPSA) is 70.3 Å². The maximum Gasteiger partial charge on any atom is 0.148 e. The largest absolute Gasteiger partial charge is 0.355 e. The van der Waals surface area contributed by atoms with Crippen molar-refractivity contribution in [1.29, 1.82) is 0 Å². The molecule has 1 aromatic rings. The van der Waals surface area contributed by atoms with E-state index in [1.807, 2.05) is 0 Å². The van der Waals surface area contributed by atoms with Crippen LogP contribution >= 0.6 is 0 Å². The van der Waals surface area contributed by atoms with Crippen LogP contribution in [0.2, 0.25) is 0 Å². The van der Waals surface area contributed by atoms with E-state index in [0.717, 1.165) is 43.1 Å². The second kappa shape index (κ2) is 6.16. The van der Waals surface area contributed by atoms with Gasteiger partial charge < -0.3 is 15.2 Å². The number of nitrogens with two attached hydrogens (primary N) is 1. The summed E-state index contributed by atoms with van der Waals surface area (Å²) in [6, 6.07) is 0.596. The number of hydrogen-bond donors (Lipinski definition) is 2. The molecule has 0 aliphatic carbocycles. The zero-order chi connectivity index (χ0) is 13.8. The molecule has 6 nitrogen and oxygen atoms in total. The van der Waals surface area contributed by atoms with Gasteiger partial charge in [0.25, 0.3) is 0 Å². The minimum atomic E-state index is 0.596. The van der Waals surface area contributed by atoms with Crippen molar-refractivity contribution in [3.8, 4) is 0 Å². The van der Waals surface area contributed by atoms with E-state index in [1.54, 1.807) is 6.33 Å². The first-order valence-corrected chi connectivity index (χ1v) is 6.89. The third-order valence-electron chi connectivity index (χ3n) is 3.75. The Hall–Kier alpha value is -1.40. The first-order chi connectivity index (χ1) is 9.17. The molecular weight excluding hydrogens is 240 g/mol. The van der Waals surface area contributed by atoms with Gasteiger partial charge >= 0.3 is 0 Å². The second-order valence-corrected chi connectivity index (χ2v) is 5.27. The van der Waals surface area contributed by atoms with Gasteiger partial charge in [-0.2, -0.15) is 0 Å². The van der Waals surface area contributed by atoms with Crippen molar-refractivity contribution in [1.82, 2.24) is 14.9 Å². The Morgan fingerprint density at radius 1 is 1.47 bits per heavy atom. The Morgan fingerprint density at radius 3 is 2.84 bits per heavy atom. The predicted molar refractivity (Wildman–Crippen MR) is 78.1 cm³/mol. The van der Waals surface area contributed by atoms with Gasteiger partial charge in [-0.3, -0.25) is 0 Å². The standard InChI is InChI=1S/C13H24N6/c1-4-5-11-12(17-14)15-9-16-13(11)19-7-6-10(8-19)18(2)3/h9-10H,4-8,14H2,1-3H3,(H,15,16,17). The molecule has 2 rings (SSSR count). The van der Waals surface area contributed by atoms with Crippen molar-refractivity contribution in [2.75, 3.05) is 37.5 Å². The molecule has 0 saturated carbocycles. The minimum Gasteiger partial charge on any atom is -0.355 e. The summed E-state index contributed by atoms with van der Waals surface area (Å²) in [6.45, 7) is 4.22. The lowest BCUT2D eigenvalue weighted by atomic mass is 10.1. The quantitative estimate of drug-likeness (QED) is 0.607. The van der Waals surface area contributed by atoms with Gasteiger partial charge in [0.1, 0.15) is 18.0 Å². The highest BCUT2D eigenvalue weighted by atomic mass is 15.3. The molecule has 1 fully saturated rings. The maximum absolute atomic E-state index is 5.56. The molecular formula is C13H24N6. The molecule has 106 valence electrons. The highest BCUT2D eigenvalue weighted by Gasteiger charge is 2.27. The van der Waals surface area contributed by atoms with E-state index < -0.39 is 0 Å². The maximum atomic E-state index is 5.56. The van der Waals surface area contributed by atoms with E-state index in [4.69, 9.17) is 5.84 Å². The fourth-order valence-corrected chi connectivity index (χ4v) is 2.64. The van der Waals surface area contributed by atoms with E-state index in [2.05, 4.69) is 46.2 Å². The normalized spacial score (nSPS) is 19.2. The van der Waals surface area contributed by atoms with E-state index in [0.29, 0.717) is 6.04 Å². The number of likely N-dealkylation sites (N-methyl/N-ethyl adjacent to an activating group) is 1. The van der Waals surface area contributed by atoms with Crippen LogP contribution in [0.5, 0.6) is 0 Å². The van der Waals surface area contributed by atoms with Crippen molar-refractivity contribution in [3.63, 3.8) is 0 Å². The van der Waals surface area contributed by atoms with Crippen LogP contribution in [0, 0.1) is 0 Å². The molecule has 1 aromatic heterocycles. The number of nitrogens with one attached hydrogen (secondary N) is 1. The van der Waals surface area contributed by atoms with E-state index in [9.17, 15) is 0 Å². The molecule has 1 atom stereocenters. The molecule has 1 aliphatic heterocycles. The molecule has 0 spiro atoms. The highest BCUT2D eigenvalue weighted by molar-refractivity contribution is 5.59. The molecule has 1 aliphatic rings. The van der Waals surface area contributed by atoms with Crippen molar-refractivity contribution < 1.29 is 0 Å². The summed E-state index contributed by atoms with van der Waals surface area (Å²) in [6.07, 6.45) is 4.76. The zero-order valence-electron chi connectivity index (χ0n) is 12.1. The van der Waals surface area contributed by atoms with E-state index in [1.165, 1.54) is 6.42 Å². The zero-order valence-corrected chi connectivity index (χ0v) is 12.1. The van der Waals surface area contributed by atoms with Crippen molar-refractivity contribution in [2.24, 2.45) is 5.84 Å². The van der Waals surface area contributed by atoms with Crippen LogP contribution in [0.25, 0.3) is 0 Å². The first kappa shape index (κ1) is 14.0. The van der Waals surface area contributed by atoms with Crippen molar-refractivity contribution in [2.45, 2.75) is 32.2 Å². The van der Waals surface area contributed by atoms with Gasteiger partial charge in [0.05, 0.1) is 0 Å². The Morgan fingerprint density at radius 2 is 2.26 bits per heavy atom. The van der Waals surface area contributed by atoms with Crippen molar-refractivity contribution in [3.05, 3.63) is 11.9 Å².